The normalized spacial score (nSPS) is 11.7. The van der Waals surface area contributed by atoms with Gasteiger partial charge in [0.15, 0.2) is 0 Å². The number of hydrogen-bond donors (Lipinski definition) is 0. The van der Waals surface area contributed by atoms with Crippen molar-refractivity contribution in [3.63, 3.8) is 0 Å². The zero-order valence-corrected chi connectivity index (χ0v) is 12.1. The van der Waals surface area contributed by atoms with Crippen molar-refractivity contribution in [2.75, 3.05) is 0 Å². The Labute approximate surface area is 119 Å². The van der Waals surface area contributed by atoms with Crippen LogP contribution in [0.25, 0.3) is 0 Å². The van der Waals surface area contributed by atoms with Crippen LogP contribution in [0.1, 0.15) is 42.9 Å². The van der Waals surface area contributed by atoms with Crippen LogP contribution in [-0.2, 0) is 0 Å². The summed E-state index contributed by atoms with van der Waals surface area (Å²) in [7, 11) is 0. The lowest BCUT2D eigenvalue weighted by Gasteiger charge is -2.11. The lowest BCUT2D eigenvalue weighted by molar-refractivity contribution is 0.460. The molecule has 3 nitrogen and oxygen atoms in total. The minimum absolute atomic E-state index is 0.365. The summed E-state index contributed by atoms with van der Waals surface area (Å²) in [4.78, 5) is 4.13. The van der Waals surface area contributed by atoms with Crippen LogP contribution in [0.5, 0.6) is 11.6 Å². The molecule has 0 radical (unpaired) electrons. The van der Waals surface area contributed by atoms with Gasteiger partial charge in [-0.3, -0.25) is 0 Å². The summed E-state index contributed by atoms with van der Waals surface area (Å²) < 4.78 is 5.72. The zero-order chi connectivity index (χ0) is 14.5. The molecule has 1 heterocycles. The van der Waals surface area contributed by atoms with Crippen LogP contribution in [0.3, 0.4) is 0 Å². The first-order valence-corrected chi connectivity index (χ1v) is 6.79. The van der Waals surface area contributed by atoms with E-state index in [4.69, 9.17) is 10.00 Å². The largest absolute Gasteiger partial charge is 0.438 e. The first-order chi connectivity index (χ1) is 9.65. The molecule has 0 aliphatic heterocycles. The van der Waals surface area contributed by atoms with Crippen LogP contribution in [-0.4, -0.2) is 4.98 Å². The second-order valence-electron chi connectivity index (χ2n) is 4.90. The topological polar surface area (TPSA) is 45.9 Å². The van der Waals surface area contributed by atoms with Gasteiger partial charge in [-0.1, -0.05) is 26.0 Å². The molecule has 1 atom stereocenters. The Hall–Kier alpha value is -2.34. The Morgan fingerprint density at radius 2 is 1.95 bits per heavy atom. The van der Waals surface area contributed by atoms with E-state index >= 15 is 0 Å². The number of aryl methyl sites for hydroxylation is 1. The van der Waals surface area contributed by atoms with Gasteiger partial charge in [0.05, 0.1) is 0 Å². The monoisotopic (exact) mass is 266 g/mol. The first-order valence-electron chi connectivity index (χ1n) is 6.79. The van der Waals surface area contributed by atoms with Crippen LogP contribution < -0.4 is 4.74 Å². The number of benzene rings is 1. The number of hydrogen-bond acceptors (Lipinski definition) is 3. The van der Waals surface area contributed by atoms with E-state index in [-0.39, 0.29) is 0 Å². The Kier molecular flexibility index (Phi) is 4.37. The number of pyridine rings is 1. The molecule has 20 heavy (non-hydrogen) atoms. The van der Waals surface area contributed by atoms with Gasteiger partial charge in [0.25, 0.3) is 0 Å². The molecule has 1 aromatic heterocycles. The molecule has 0 amide bonds. The van der Waals surface area contributed by atoms with Gasteiger partial charge < -0.3 is 4.74 Å². The second-order valence-corrected chi connectivity index (χ2v) is 4.90. The van der Waals surface area contributed by atoms with Crippen molar-refractivity contribution in [3.05, 3.63) is 53.2 Å². The number of rotatable bonds is 4. The lowest BCUT2D eigenvalue weighted by atomic mass is 9.99. The molecule has 0 fully saturated rings. The maximum atomic E-state index is 9.16. The molecule has 102 valence electrons. The molecule has 2 rings (SSSR count). The Bertz CT molecular complexity index is 626. The highest BCUT2D eigenvalue weighted by molar-refractivity contribution is 5.45. The predicted molar refractivity (Wildman–Crippen MR) is 78.9 cm³/mol. The molecule has 0 N–H and O–H groups in total. The first kappa shape index (κ1) is 14.1. The molecule has 1 unspecified atom stereocenters. The van der Waals surface area contributed by atoms with E-state index in [0.717, 1.165) is 12.0 Å². The third-order valence-electron chi connectivity index (χ3n) is 3.51. The molecule has 2 aromatic rings. The third-order valence-corrected chi connectivity index (χ3v) is 3.51. The summed E-state index contributed by atoms with van der Waals surface area (Å²) in [5, 5.41) is 9.16. The van der Waals surface area contributed by atoms with Crippen LogP contribution in [0.2, 0.25) is 0 Å². The minimum atomic E-state index is 0.365. The quantitative estimate of drug-likeness (QED) is 0.814. The van der Waals surface area contributed by atoms with Crippen molar-refractivity contribution in [1.29, 1.82) is 5.26 Å². The molecular weight excluding hydrogens is 248 g/mol. The number of ether oxygens (including phenoxy) is 1. The molecule has 3 heteroatoms. The Balaban J connectivity index is 2.23. The van der Waals surface area contributed by atoms with Crippen molar-refractivity contribution in [2.45, 2.75) is 33.1 Å². The number of nitrogens with zero attached hydrogens (tertiary/aromatic N) is 2. The Morgan fingerprint density at radius 1 is 1.25 bits per heavy atom. The van der Waals surface area contributed by atoms with E-state index in [1.165, 1.54) is 5.56 Å². The average Bonchev–Trinajstić information content (AvgIpc) is 2.47. The molecular formula is C17H18N2O. The van der Waals surface area contributed by atoms with Crippen LogP contribution in [0, 0.1) is 18.3 Å². The van der Waals surface area contributed by atoms with Gasteiger partial charge in [-0.05, 0) is 48.6 Å². The van der Waals surface area contributed by atoms with Crippen LogP contribution in [0.4, 0.5) is 0 Å². The van der Waals surface area contributed by atoms with E-state index in [0.29, 0.717) is 23.1 Å². The van der Waals surface area contributed by atoms with Gasteiger partial charge in [-0.15, -0.1) is 0 Å². The fourth-order valence-corrected chi connectivity index (χ4v) is 1.96. The highest BCUT2D eigenvalue weighted by Gasteiger charge is 2.09. The molecule has 0 aliphatic rings. The standard InChI is InChI=1S/C17H18N2O/c1-4-12(2)14-5-7-15(8-6-14)20-17-16(11-18)13(3)9-10-19-17/h5-10,12H,4H2,1-3H3. The van der Waals surface area contributed by atoms with Gasteiger partial charge >= 0.3 is 0 Å². The maximum Gasteiger partial charge on any atom is 0.237 e. The fourth-order valence-electron chi connectivity index (χ4n) is 1.96. The maximum absolute atomic E-state index is 9.16. The van der Waals surface area contributed by atoms with Crippen LogP contribution in [0.15, 0.2) is 36.5 Å². The van der Waals surface area contributed by atoms with Crippen molar-refractivity contribution < 1.29 is 4.74 Å². The summed E-state index contributed by atoms with van der Waals surface area (Å²) in [6, 6.07) is 11.9. The predicted octanol–water partition coefficient (Wildman–Crippen LogP) is 4.57. The van der Waals surface area contributed by atoms with E-state index in [1.807, 2.05) is 19.1 Å². The number of nitriles is 1. The van der Waals surface area contributed by atoms with Crippen molar-refractivity contribution in [2.24, 2.45) is 0 Å². The van der Waals surface area contributed by atoms with Crippen LogP contribution >= 0.6 is 0 Å². The van der Waals surface area contributed by atoms with Gasteiger partial charge in [0.2, 0.25) is 5.88 Å². The summed E-state index contributed by atoms with van der Waals surface area (Å²) >= 11 is 0. The van der Waals surface area contributed by atoms with Crippen molar-refractivity contribution >= 4 is 0 Å². The molecule has 0 saturated heterocycles. The van der Waals surface area contributed by atoms with E-state index in [2.05, 4.69) is 37.0 Å². The molecule has 0 aliphatic carbocycles. The summed E-state index contributed by atoms with van der Waals surface area (Å²) in [6.07, 6.45) is 2.76. The highest BCUT2D eigenvalue weighted by Crippen LogP contribution is 2.26. The third kappa shape index (κ3) is 2.97. The fraction of sp³-hybridized carbons (Fsp3) is 0.294. The smallest absolute Gasteiger partial charge is 0.237 e. The van der Waals surface area contributed by atoms with Gasteiger partial charge in [-0.2, -0.15) is 5.26 Å². The summed E-state index contributed by atoms with van der Waals surface area (Å²) in [5.74, 6) is 1.60. The van der Waals surface area contributed by atoms with E-state index in [1.54, 1.807) is 12.3 Å². The molecule has 0 spiro atoms. The molecule has 1 aromatic carbocycles. The Morgan fingerprint density at radius 3 is 2.55 bits per heavy atom. The molecule has 0 bridgehead atoms. The van der Waals surface area contributed by atoms with E-state index in [9.17, 15) is 0 Å². The highest BCUT2D eigenvalue weighted by atomic mass is 16.5. The van der Waals surface area contributed by atoms with E-state index < -0.39 is 0 Å². The van der Waals surface area contributed by atoms with Gasteiger partial charge in [-0.25, -0.2) is 4.98 Å². The minimum Gasteiger partial charge on any atom is -0.438 e. The van der Waals surface area contributed by atoms with Crippen molar-refractivity contribution in [1.82, 2.24) is 4.98 Å². The zero-order valence-electron chi connectivity index (χ0n) is 12.1. The molecule has 0 saturated carbocycles. The average molecular weight is 266 g/mol. The van der Waals surface area contributed by atoms with Gasteiger partial charge in [0.1, 0.15) is 17.4 Å². The summed E-state index contributed by atoms with van der Waals surface area (Å²) in [6.45, 7) is 6.25. The lowest BCUT2D eigenvalue weighted by Crippen LogP contribution is -1.95. The second kappa shape index (κ2) is 6.21. The number of aromatic nitrogens is 1. The van der Waals surface area contributed by atoms with Crippen molar-refractivity contribution in [3.8, 4) is 17.7 Å². The summed E-state index contributed by atoms with van der Waals surface area (Å²) in [5.41, 5.74) is 2.64. The SMILES string of the molecule is CCC(C)c1ccc(Oc2nccc(C)c2C#N)cc1. The van der Waals surface area contributed by atoms with Gasteiger partial charge in [0, 0.05) is 6.20 Å².